The molecule has 1 atom stereocenters. The second kappa shape index (κ2) is 6.90. The molecule has 0 amide bonds. The van der Waals surface area contributed by atoms with Crippen LogP contribution < -0.4 is 0 Å². The van der Waals surface area contributed by atoms with Crippen LogP contribution in [0.5, 0.6) is 0 Å². The summed E-state index contributed by atoms with van der Waals surface area (Å²) in [7, 11) is 1.65. The van der Waals surface area contributed by atoms with E-state index >= 15 is 0 Å². The van der Waals surface area contributed by atoms with Crippen molar-refractivity contribution in [2.75, 3.05) is 13.7 Å². The minimum Gasteiger partial charge on any atom is -0.390 e. The third-order valence-electron chi connectivity index (χ3n) is 3.39. The van der Waals surface area contributed by atoms with Gasteiger partial charge in [-0.1, -0.05) is 13.8 Å². The minimum atomic E-state index is -0.747. The Kier molecular flexibility index (Phi) is 5.82. The van der Waals surface area contributed by atoms with Gasteiger partial charge < -0.3 is 9.84 Å². The molecule has 0 fully saturated rings. The average Bonchev–Trinajstić information content (AvgIpc) is 2.76. The third-order valence-corrected chi connectivity index (χ3v) is 3.39. The molecule has 0 aliphatic carbocycles. The van der Waals surface area contributed by atoms with Gasteiger partial charge in [0.2, 0.25) is 0 Å². The lowest BCUT2D eigenvalue weighted by Gasteiger charge is -2.21. The Labute approximate surface area is 110 Å². The number of ether oxygens (including phenoxy) is 1. The van der Waals surface area contributed by atoms with Crippen molar-refractivity contribution in [1.29, 1.82) is 0 Å². The molecule has 0 aliphatic rings. The summed E-state index contributed by atoms with van der Waals surface area (Å²) in [6, 6.07) is 2.46. The van der Waals surface area contributed by atoms with Gasteiger partial charge in [0.05, 0.1) is 17.3 Å². The maximum absolute atomic E-state index is 10.2. The van der Waals surface area contributed by atoms with Gasteiger partial charge in [-0.15, -0.1) is 0 Å². The van der Waals surface area contributed by atoms with Crippen molar-refractivity contribution in [2.24, 2.45) is 0 Å². The van der Waals surface area contributed by atoms with Crippen LogP contribution in [0.1, 0.15) is 51.8 Å². The summed E-state index contributed by atoms with van der Waals surface area (Å²) < 4.78 is 7.02. The Morgan fingerprint density at radius 2 is 2.11 bits per heavy atom. The molecule has 0 saturated heterocycles. The van der Waals surface area contributed by atoms with Gasteiger partial charge in [0.25, 0.3) is 0 Å². The molecule has 0 aliphatic heterocycles. The van der Waals surface area contributed by atoms with Gasteiger partial charge in [-0.2, -0.15) is 5.10 Å². The highest BCUT2D eigenvalue weighted by Gasteiger charge is 2.22. The highest BCUT2D eigenvalue weighted by atomic mass is 16.5. The lowest BCUT2D eigenvalue weighted by molar-refractivity contribution is 0.0240. The number of methoxy groups -OCH3 is 1. The monoisotopic (exact) mass is 254 g/mol. The van der Waals surface area contributed by atoms with Gasteiger partial charge >= 0.3 is 0 Å². The average molecular weight is 254 g/mol. The Morgan fingerprint density at radius 3 is 2.67 bits per heavy atom. The van der Waals surface area contributed by atoms with Crippen LogP contribution >= 0.6 is 0 Å². The van der Waals surface area contributed by atoms with E-state index in [4.69, 9.17) is 4.74 Å². The maximum atomic E-state index is 10.2. The van der Waals surface area contributed by atoms with Gasteiger partial charge in [0.15, 0.2) is 0 Å². The van der Waals surface area contributed by atoms with E-state index in [1.54, 1.807) is 7.11 Å². The van der Waals surface area contributed by atoms with E-state index in [1.165, 1.54) is 0 Å². The first-order valence-corrected chi connectivity index (χ1v) is 6.77. The quantitative estimate of drug-likeness (QED) is 0.775. The molecule has 18 heavy (non-hydrogen) atoms. The largest absolute Gasteiger partial charge is 0.390 e. The van der Waals surface area contributed by atoms with Crippen LogP contribution in [0.4, 0.5) is 0 Å². The first-order chi connectivity index (χ1) is 8.52. The number of hydrogen-bond donors (Lipinski definition) is 1. The fraction of sp³-hybridized carbons (Fsp3) is 0.786. The summed E-state index contributed by atoms with van der Waals surface area (Å²) in [5.41, 5.74) is 0.200. The van der Waals surface area contributed by atoms with Crippen LogP contribution in [0, 0.1) is 0 Å². The summed E-state index contributed by atoms with van der Waals surface area (Å²) in [5.74, 6) is 0. The number of aliphatic hydroxyl groups is 1. The van der Waals surface area contributed by atoms with E-state index in [1.807, 2.05) is 23.9 Å². The zero-order chi connectivity index (χ0) is 13.6. The van der Waals surface area contributed by atoms with Crippen LogP contribution in [0.3, 0.4) is 0 Å². The van der Waals surface area contributed by atoms with E-state index in [9.17, 15) is 5.11 Å². The number of aromatic nitrogens is 2. The van der Waals surface area contributed by atoms with Crippen molar-refractivity contribution < 1.29 is 9.84 Å². The third kappa shape index (κ3) is 4.42. The zero-order valence-corrected chi connectivity index (χ0v) is 12.0. The highest BCUT2D eigenvalue weighted by Crippen LogP contribution is 2.19. The molecule has 1 aromatic rings. The Hall–Kier alpha value is -0.870. The molecule has 1 heterocycles. The molecule has 1 N–H and O–H groups in total. The van der Waals surface area contributed by atoms with Crippen molar-refractivity contribution in [3.8, 4) is 0 Å². The van der Waals surface area contributed by atoms with Crippen LogP contribution in [0.25, 0.3) is 0 Å². The molecule has 0 radical (unpaired) electrons. The molecular weight excluding hydrogens is 228 g/mol. The van der Waals surface area contributed by atoms with E-state index in [0.29, 0.717) is 25.5 Å². The van der Waals surface area contributed by atoms with Crippen molar-refractivity contribution in [2.45, 2.75) is 58.1 Å². The molecule has 0 spiro atoms. The normalized spacial score (nSPS) is 15.0. The SMILES string of the molecule is CCC(CC)n1ccc(CC(C)(O)CCOC)n1. The van der Waals surface area contributed by atoms with Crippen molar-refractivity contribution in [3.05, 3.63) is 18.0 Å². The van der Waals surface area contributed by atoms with E-state index < -0.39 is 5.60 Å². The standard InChI is InChI=1S/C14H26N2O2/c1-5-13(6-2)16-9-7-12(15-16)11-14(3,17)8-10-18-4/h7,9,13,17H,5-6,8,10-11H2,1-4H3. The van der Waals surface area contributed by atoms with Crippen molar-refractivity contribution >= 4 is 0 Å². The molecule has 1 rings (SSSR count). The van der Waals surface area contributed by atoms with Crippen LogP contribution in [-0.4, -0.2) is 34.2 Å². The summed E-state index contributed by atoms with van der Waals surface area (Å²) >= 11 is 0. The smallest absolute Gasteiger partial charge is 0.0697 e. The van der Waals surface area contributed by atoms with Crippen LogP contribution in [0.15, 0.2) is 12.3 Å². The summed E-state index contributed by atoms with van der Waals surface area (Å²) in [6.45, 7) is 6.75. The molecule has 0 saturated carbocycles. The topological polar surface area (TPSA) is 47.3 Å². The van der Waals surface area contributed by atoms with Crippen LogP contribution in [0.2, 0.25) is 0 Å². The molecular formula is C14H26N2O2. The van der Waals surface area contributed by atoms with Crippen molar-refractivity contribution in [3.63, 3.8) is 0 Å². The van der Waals surface area contributed by atoms with Gasteiger partial charge in [-0.25, -0.2) is 0 Å². The van der Waals surface area contributed by atoms with Gasteiger partial charge in [0.1, 0.15) is 0 Å². The first kappa shape index (κ1) is 15.2. The fourth-order valence-corrected chi connectivity index (χ4v) is 2.14. The molecule has 4 nitrogen and oxygen atoms in total. The number of rotatable bonds is 8. The Balaban J connectivity index is 2.63. The summed E-state index contributed by atoms with van der Waals surface area (Å²) in [5, 5.41) is 14.8. The predicted molar refractivity (Wildman–Crippen MR) is 72.7 cm³/mol. The zero-order valence-electron chi connectivity index (χ0n) is 12.0. The number of hydrogen-bond acceptors (Lipinski definition) is 3. The van der Waals surface area contributed by atoms with Crippen LogP contribution in [-0.2, 0) is 11.2 Å². The van der Waals surface area contributed by atoms with E-state index in [0.717, 1.165) is 18.5 Å². The lowest BCUT2D eigenvalue weighted by atomic mass is 9.97. The molecule has 104 valence electrons. The van der Waals surface area contributed by atoms with E-state index in [-0.39, 0.29) is 0 Å². The lowest BCUT2D eigenvalue weighted by Crippen LogP contribution is -2.29. The highest BCUT2D eigenvalue weighted by molar-refractivity contribution is 5.04. The minimum absolute atomic E-state index is 0.461. The van der Waals surface area contributed by atoms with Crippen molar-refractivity contribution in [1.82, 2.24) is 9.78 Å². The number of nitrogens with zero attached hydrogens (tertiary/aromatic N) is 2. The molecule has 0 bridgehead atoms. The second-order valence-corrected chi connectivity index (χ2v) is 5.17. The Bertz CT molecular complexity index is 343. The maximum Gasteiger partial charge on any atom is 0.0697 e. The molecule has 4 heteroatoms. The predicted octanol–water partition coefficient (Wildman–Crippen LogP) is 2.57. The van der Waals surface area contributed by atoms with E-state index in [2.05, 4.69) is 18.9 Å². The second-order valence-electron chi connectivity index (χ2n) is 5.17. The van der Waals surface area contributed by atoms with Gasteiger partial charge in [-0.05, 0) is 32.3 Å². The fourth-order valence-electron chi connectivity index (χ4n) is 2.14. The molecule has 1 unspecified atom stereocenters. The van der Waals surface area contributed by atoms with Gasteiger partial charge in [-0.3, -0.25) is 4.68 Å². The van der Waals surface area contributed by atoms with Gasteiger partial charge in [0, 0.05) is 26.3 Å². The summed E-state index contributed by atoms with van der Waals surface area (Å²) in [6.07, 6.45) is 5.37. The first-order valence-electron chi connectivity index (χ1n) is 6.77. The Morgan fingerprint density at radius 1 is 1.44 bits per heavy atom. The molecule has 1 aromatic heterocycles. The molecule has 0 aromatic carbocycles. The summed E-state index contributed by atoms with van der Waals surface area (Å²) in [4.78, 5) is 0.